The normalized spacial score (nSPS) is 18.2. The number of carboxylic acid groups (broad SMARTS) is 1. The van der Waals surface area contributed by atoms with E-state index < -0.39 is 5.97 Å². The molecule has 9 nitrogen and oxygen atoms in total. The largest absolute Gasteiger partial charge is 0.492 e. The molecule has 0 saturated carbocycles. The minimum Gasteiger partial charge on any atom is -0.492 e. The number of carboxylic acids is 1. The van der Waals surface area contributed by atoms with E-state index >= 15 is 0 Å². The number of rotatable bonds is 9. The molecule has 0 fully saturated rings. The standard InChI is InChI=1S/C24H32N4O5/c1-31-22-19(33-13-4-3-8-20(29)30)14-15-9-10-18(27-28-24-25-11-12-26-24)16-6-5-7-17(16)21(15)23(22)32-2/h14H,3-13H2,1-2H3,(H,29,30)(H2,25,26,28). The number of hydrogen-bond acceptors (Lipinski definition) is 8. The third-order valence-corrected chi connectivity index (χ3v) is 6.20. The smallest absolute Gasteiger partial charge is 0.303 e. The Morgan fingerprint density at radius 2 is 1.97 bits per heavy atom. The first-order chi connectivity index (χ1) is 16.1. The molecule has 0 amide bonds. The molecule has 1 aromatic rings. The van der Waals surface area contributed by atoms with E-state index in [-0.39, 0.29) is 6.42 Å². The first kappa shape index (κ1) is 22.9. The minimum atomic E-state index is -0.789. The van der Waals surface area contributed by atoms with E-state index in [1.807, 2.05) is 0 Å². The maximum absolute atomic E-state index is 10.7. The second-order valence-corrected chi connectivity index (χ2v) is 8.31. The van der Waals surface area contributed by atoms with E-state index in [1.54, 1.807) is 14.2 Å². The van der Waals surface area contributed by atoms with Crippen molar-refractivity contribution in [2.45, 2.75) is 51.4 Å². The highest BCUT2D eigenvalue weighted by Crippen LogP contribution is 2.50. The first-order valence-electron chi connectivity index (χ1n) is 11.6. The maximum Gasteiger partial charge on any atom is 0.303 e. The van der Waals surface area contributed by atoms with Gasteiger partial charge < -0.3 is 24.6 Å². The third-order valence-electron chi connectivity index (χ3n) is 6.20. The molecule has 4 rings (SSSR count). The number of ether oxygens (including phenoxy) is 3. The van der Waals surface area contributed by atoms with Crippen molar-refractivity contribution in [3.63, 3.8) is 0 Å². The molecule has 0 radical (unpaired) electrons. The highest BCUT2D eigenvalue weighted by molar-refractivity contribution is 6.09. The minimum absolute atomic E-state index is 0.142. The summed E-state index contributed by atoms with van der Waals surface area (Å²) in [5.74, 6) is 1.84. The number of aliphatic imine (C=N–C) groups is 1. The Kier molecular flexibility index (Phi) is 7.36. The number of aryl methyl sites for hydroxylation is 1. The van der Waals surface area contributed by atoms with Gasteiger partial charge in [0.25, 0.3) is 0 Å². The molecule has 1 aliphatic heterocycles. The van der Waals surface area contributed by atoms with Gasteiger partial charge in [-0.25, -0.2) is 10.4 Å². The zero-order valence-corrected chi connectivity index (χ0v) is 19.3. The van der Waals surface area contributed by atoms with Crippen molar-refractivity contribution in [1.82, 2.24) is 10.7 Å². The van der Waals surface area contributed by atoms with Crippen molar-refractivity contribution in [3.8, 4) is 17.2 Å². The van der Waals surface area contributed by atoms with E-state index in [4.69, 9.17) is 24.4 Å². The Morgan fingerprint density at radius 1 is 1.15 bits per heavy atom. The molecule has 178 valence electrons. The number of nitrogens with one attached hydrogen (secondary N) is 2. The second kappa shape index (κ2) is 10.6. The molecular weight excluding hydrogens is 424 g/mol. The fraction of sp³-hybridized carbons (Fsp3) is 0.542. The Labute approximate surface area is 193 Å². The number of hydrogen-bond donors (Lipinski definition) is 3. The van der Waals surface area contributed by atoms with Gasteiger partial charge in [-0.3, -0.25) is 4.79 Å². The molecule has 3 aliphatic rings. The lowest BCUT2D eigenvalue weighted by atomic mass is 9.95. The van der Waals surface area contributed by atoms with Gasteiger partial charge >= 0.3 is 5.97 Å². The van der Waals surface area contributed by atoms with Gasteiger partial charge in [-0.05, 0) is 67.7 Å². The molecule has 0 atom stereocenters. The summed E-state index contributed by atoms with van der Waals surface area (Å²) in [5, 5.41) is 16.7. The van der Waals surface area contributed by atoms with Gasteiger partial charge in [-0.2, -0.15) is 5.10 Å². The van der Waals surface area contributed by atoms with Crippen molar-refractivity contribution in [2.24, 2.45) is 10.1 Å². The summed E-state index contributed by atoms with van der Waals surface area (Å²) >= 11 is 0. The Bertz CT molecular complexity index is 999. The number of aliphatic carboxylic acids is 1. The Hall–Kier alpha value is -3.23. The fourth-order valence-corrected chi connectivity index (χ4v) is 4.71. The average molecular weight is 457 g/mol. The van der Waals surface area contributed by atoms with E-state index in [1.165, 1.54) is 11.1 Å². The number of hydrazone groups is 1. The number of nitrogens with zero attached hydrogens (tertiary/aromatic N) is 2. The van der Waals surface area contributed by atoms with Crippen molar-refractivity contribution in [1.29, 1.82) is 0 Å². The van der Waals surface area contributed by atoms with Gasteiger partial charge in [0.1, 0.15) is 0 Å². The number of allylic oxidation sites excluding steroid dienone is 2. The van der Waals surface area contributed by atoms with Gasteiger partial charge in [0, 0.05) is 18.5 Å². The summed E-state index contributed by atoms with van der Waals surface area (Å²) in [6.07, 6.45) is 6.02. The molecule has 33 heavy (non-hydrogen) atoms. The number of guanidine groups is 1. The summed E-state index contributed by atoms with van der Waals surface area (Å²) in [6.45, 7) is 2.02. The molecule has 3 N–H and O–H groups in total. The SMILES string of the molecule is COc1c(OCCCCC(=O)O)cc2c(c1OC)C1=C(CCC1)C(=NNC1=NCCN1)CC2. The predicted molar refractivity (Wildman–Crippen MR) is 126 cm³/mol. The molecule has 0 saturated heterocycles. The summed E-state index contributed by atoms with van der Waals surface area (Å²) in [6, 6.07) is 2.05. The lowest BCUT2D eigenvalue weighted by Gasteiger charge is -2.20. The fourth-order valence-electron chi connectivity index (χ4n) is 4.71. The number of fused-ring (bicyclic) bond motifs is 2. The molecule has 9 heteroatoms. The highest BCUT2D eigenvalue weighted by Gasteiger charge is 2.31. The van der Waals surface area contributed by atoms with Gasteiger partial charge in [-0.15, -0.1) is 0 Å². The molecule has 1 aromatic carbocycles. The summed E-state index contributed by atoms with van der Waals surface area (Å²) < 4.78 is 17.6. The van der Waals surface area contributed by atoms with Crippen molar-refractivity contribution < 1.29 is 24.1 Å². The molecular formula is C24H32N4O5. The lowest BCUT2D eigenvalue weighted by Crippen LogP contribution is -2.31. The van der Waals surface area contributed by atoms with Gasteiger partial charge in [0.2, 0.25) is 11.7 Å². The molecule has 0 bridgehead atoms. The molecule has 0 unspecified atom stereocenters. The molecule has 1 heterocycles. The van der Waals surface area contributed by atoms with Crippen LogP contribution in [0, 0.1) is 0 Å². The predicted octanol–water partition coefficient (Wildman–Crippen LogP) is 3.13. The summed E-state index contributed by atoms with van der Waals surface area (Å²) in [4.78, 5) is 15.1. The zero-order valence-electron chi connectivity index (χ0n) is 19.3. The van der Waals surface area contributed by atoms with Crippen molar-refractivity contribution in [3.05, 3.63) is 22.8 Å². The van der Waals surface area contributed by atoms with E-state index in [2.05, 4.69) is 21.8 Å². The van der Waals surface area contributed by atoms with E-state index in [0.29, 0.717) is 36.7 Å². The van der Waals surface area contributed by atoms with Gasteiger partial charge in [0.15, 0.2) is 11.5 Å². The van der Waals surface area contributed by atoms with E-state index in [0.717, 1.165) is 68.0 Å². The maximum atomic E-state index is 10.7. The quantitative estimate of drug-likeness (QED) is 0.386. The van der Waals surface area contributed by atoms with Crippen LogP contribution < -0.4 is 25.0 Å². The number of methoxy groups -OCH3 is 2. The number of carbonyl (C=O) groups is 1. The topological polar surface area (TPSA) is 114 Å². The van der Waals surface area contributed by atoms with Crippen molar-refractivity contribution in [2.75, 3.05) is 33.9 Å². The Balaban J connectivity index is 1.63. The van der Waals surface area contributed by atoms with Crippen LogP contribution in [0.25, 0.3) is 5.57 Å². The lowest BCUT2D eigenvalue weighted by molar-refractivity contribution is -0.137. The van der Waals surface area contributed by atoms with Crippen LogP contribution in [0.1, 0.15) is 56.1 Å². The van der Waals surface area contributed by atoms with Gasteiger partial charge in [0.05, 0.1) is 33.1 Å². The number of unbranched alkanes of at least 4 members (excludes halogenated alkanes) is 1. The molecule has 0 spiro atoms. The summed E-state index contributed by atoms with van der Waals surface area (Å²) in [5.41, 5.74) is 8.97. The van der Waals surface area contributed by atoms with Crippen LogP contribution >= 0.6 is 0 Å². The molecule has 0 aromatic heterocycles. The van der Waals surface area contributed by atoms with E-state index in [9.17, 15) is 4.79 Å². The first-order valence-corrected chi connectivity index (χ1v) is 11.6. The monoisotopic (exact) mass is 456 g/mol. The van der Waals surface area contributed by atoms with Crippen LogP contribution in [0.2, 0.25) is 0 Å². The van der Waals surface area contributed by atoms with Gasteiger partial charge in [-0.1, -0.05) is 0 Å². The van der Waals surface area contributed by atoms with Crippen LogP contribution in [-0.4, -0.2) is 56.7 Å². The van der Waals surface area contributed by atoms with Crippen molar-refractivity contribution >= 4 is 23.2 Å². The van der Waals surface area contributed by atoms with Crippen LogP contribution in [-0.2, 0) is 11.2 Å². The highest BCUT2D eigenvalue weighted by atomic mass is 16.5. The second-order valence-electron chi connectivity index (χ2n) is 8.31. The van der Waals surface area contributed by atoms with Crippen LogP contribution in [0.15, 0.2) is 21.7 Å². The summed E-state index contributed by atoms with van der Waals surface area (Å²) in [7, 11) is 3.28. The third kappa shape index (κ3) is 5.07. The number of benzene rings is 1. The van der Waals surface area contributed by atoms with Crippen LogP contribution in [0.4, 0.5) is 0 Å². The zero-order chi connectivity index (χ0) is 23.2. The van der Waals surface area contributed by atoms with Crippen LogP contribution in [0.3, 0.4) is 0 Å². The Morgan fingerprint density at radius 3 is 2.70 bits per heavy atom. The average Bonchev–Trinajstić information content (AvgIpc) is 3.48. The molecule has 2 aliphatic carbocycles. The van der Waals surface area contributed by atoms with Crippen LogP contribution in [0.5, 0.6) is 17.2 Å².